The van der Waals surface area contributed by atoms with Crippen LogP contribution in [0.2, 0.25) is 0 Å². The van der Waals surface area contributed by atoms with E-state index >= 15 is 0 Å². The Morgan fingerprint density at radius 2 is 2.28 bits per heavy atom. The zero-order valence-corrected chi connectivity index (χ0v) is 10.9. The Labute approximate surface area is 107 Å². The van der Waals surface area contributed by atoms with Gasteiger partial charge in [-0.05, 0) is 18.8 Å². The van der Waals surface area contributed by atoms with Crippen LogP contribution in [0.15, 0.2) is 0 Å². The molecular formula is C11H20N6O. The van der Waals surface area contributed by atoms with E-state index in [2.05, 4.69) is 32.2 Å². The highest BCUT2D eigenvalue weighted by Gasteiger charge is 2.24. The maximum absolute atomic E-state index is 5.34. The Kier molecular flexibility index (Phi) is 4.14. The van der Waals surface area contributed by atoms with Gasteiger partial charge in [-0.15, -0.1) is 0 Å². The van der Waals surface area contributed by atoms with Gasteiger partial charge < -0.3 is 9.64 Å². The average Bonchev–Trinajstić information content (AvgIpc) is 2.87. The second kappa shape index (κ2) is 5.81. The molecule has 1 atom stereocenters. The summed E-state index contributed by atoms with van der Waals surface area (Å²) in [4.78, 5) is 14.7. The number of hydrazine groups is 1. The van der Waals surface area contributed by atoms with Gasteiger partial charge in [0.05, 0.1) is 7.11 Å². The molecule has 1 saturated heterocycles. The van der Waals surface area contributed by atoms with Crippen LogP contribution in [0.4, 0.5) is 11.9 Å². The van der Waals surface area contributed by atoms with E-state index in [0.717, 1.165) is 19.0 Å². The molecule has 0 bridgehead atoms. The van der Waals surface area contributed by atoms with Crippen molar-refractivity contribution in [2.24, 2.45) is 11.8 Å². The largest absolute Gasteiger partial charge is 0.467 e. The molecule has 7 nitrogen and oxygen atoms in total. The summed E-state index contributed by atoms with van der Waals surface area (Å²) in [5.74, 6) is 7.03. The predicted molar refractivity (Wildman–Crippen MR) is 69.4 cm³/mol. The molecule has 0 amide bonds. The highest BCUT2D eigenvalue weighted by Crippen LogP contribution is 2.25. The standard InChI is InChI=1S/C11H20N6O/c1-3-4-8-5-6-17(7-8)10-13-9(16-12)14-11(15-10)18-2/h8H,3-7,12H2,1-2H3,(H,13,14,15,16). The fourth-order valence-corrected chi connectivity index (χ4v) is 2.30. The van der Waals surface area contributed by atoms with Crippen molar-refractivity contribution in [1.29, 1.82) is 0 Å². The van der Waals surface area contributed by atoms with Crippen LogP contribution in [-0.2, 0) is 0 Å². The molecule has 0 aliphatic carbocycles. The summed E-state index contributed by atoms with van der Waals surface area (Å²) < 4.78 is 5.05. The summed E-state index contributed by atoms with van der Waals surface area (Å²) in [5, 5.41) is 0. The fourth-order valence-electron chi connectivity index (χ4n) is 2.30. The third kappa shape index (κ3) is 2.79. The lowest BCUT2D eigenvalue weighted by Gasteiger charge is -2.17. The number of anilines is 2. The van der Waals surface area contributed by atoms with Gasteiger partial charge >= 0.3 is 6.01 Å². The van der Waals surface area contributed by atoms with Gasteiger partial charge in [-0.25, -0.2) is 5.84 Å². The van der Waals surface area contributed by atoms with Crippen LogP contribution < -0.4 is 20.9 Å². The Morgan fingerprint density at radius 3 is 2.94 bits per heavy atom. The lowest BCUT2D eigenvalue weighted by atomic mass is 10.0. The predicted octanol–water partition coefficient (Wildman–Crippen LogP) is 0.792. The number of hydrogen-bond acceptors (Lipinski definition) is 7. The summed E-state index contributed by atoms with van der Waals surface area (Å²) >= 11 is 0. The monoisotopic (exact) mass is 252 g/mol. The van der Waals surface area contributed by atoms with Crippen molar-refractivity contribution in [2.75, 3.05) is 30.5 Å². The number of nitrogens with zero attached hydrogens (tertiary/aromatic N) is 4. The van der Waals surface area contributed by atoms with Crippen molar-refractivity contribution in [1.82, 2.24) is 15.0 Å². The molecular weight excluding hydrogens is 232 g/mol. The number of methoxy groups -OCH3 is 1. The molecule has 1 unspecified atom stereocenters. The van der Waals surface area contributed by atoms with Crippen molar-refractivity contribution in [3.63, 3.8) is 0 Å². The first-order valence-electron chi connectivity index (χ1n) is 6.28. The van der Waals surface area contributed by atoms with Crippen molar-refractivity contribution >= 4 is 11.9 Å². The molecule has 18 heavy (non-hydrogen) atoms. The van der Waals surface area contributed by atoms with Crippen molar-refractivity contribution in [3.05, 3.63) is 0 Å². The van der Waals surface area contributed by atoms with Gasteiger partial charge in [0.2, 0.25) is 11.9 Å². The van der Waals surface area contributed by atoms with Crippen LogP contribution >= 0.6 is 0 Å². The molecule has 3 N–H and O–H groups in total. The van der Waals surface area contributed by atoms with Gasteiger partial charge in [0, 0.05) is 13.1 Å². The molecule has 0 spiro atoms. The minimum atomic E-state index is 0.284. The molecule has 1 aromatic heterocycles. The number of nitrogen functional groups attached to an aromatic ring is 1. The molecule has 0 aromatic carbocycles. The highest BCUT2D eigenvalue weighted by atomic mass is 16.5. The number of hydrogen-bond donors (Lipinski definition) is 2. The Morgan fingerprint density at radius 1 is 1.44 bits per heavy atom. The second-order valence-corrected chi connectivity index (χ2v) is 4.48. The molecule has 0 saturated carbocycles. The molecule has 1 fully saturated rings. The summed E-state index contributed by atoms with van der Waals surface area (Å²) in [6.45, 7) is 4.18. The number of nitrogens with one attached hydrogen (secondary N) is 1. The van der Waals surface area contributed by atoms with Crippen molar-refractivity contribution in [3.8, 4) is 6.01 Å². The van der Waals surface area contributed by atoms with E-state index in [1.165, 1.54) is 26.4 Å². The fraction of sp³-hybridized carbons (Fsp3) is 0.727. The lowest BCUT2D eigenvalue weighted by molar-refractivity contribution is 0.379. The van der Waals surface area contributed by atoms with E-state index in [-0.39, 0.29) is 6.01 Å². The third-order valence-corrected chi connectivity index (χ3v) is 3.18. The minimum absolute atomic E-state index is 0.284. The van der Waals surface area contributed by atoms with Crippen LogP contribution in [0, 0.1) is 5.92 Å². The van der Waals surface area contributed by atoms with E-state index < -0.39 is 0 Å². The maximum atomic E-state index is 5.34. The van der Waals surface area contributed by atoms with E-state index in [1.54, 1.807) is 0 Å². The van der Waals surface area contributed by atoms with Crippen LogP contribution in [-0.4, -0.2) is 35.2 Å². The van der Waals surface area contributed by atoms with Gasteiger partial charge in [0.25, 0.3) is 0 Å². The lowest BCUT2D eigenvalue weighted by Crippen LogP contribution is -2.24. The Hall–Kier alpha value is -1.63. The summed E-state index contributed by atoms with van der Waals surface area (Å²) in [5.41, 5.74) is 2.43. The van der Waals surface area contributed by atoms with Gasteiger partial charge in [-0.2, -0.15) is 15.0 Å². The summed E-state index contributed by atoms with van der Waals surface area (Å²) in [6.07, 6.45) is 3.66. The molecule has 2 heterocycles. The topological polar surface area (TPSA) is 89.2 Å². The zero-order chi connectivity index (χ0) is 13.0. The Bertz CT molecular complexity index is 377. The van der Waals surface area contributed by atoms with E-state index in [4.69, 9.17) is 10.6 Å². The van der Waals surface area contributed by atoms with E-state index in [9.17, 15) is 0 Å². The van der Waals surface area contributed by atoms with Crippen LogP contribution in [0.3, 0.4) is 0 Å². The second-order valence-electron chi connectivity index (χ2n) is 4.48. The van der Waals surface area contributed by atoms with Crippen molar-refractivity contribution in [2.45, 2.75) is 26.2 Å². The molecule has 0 radical (unpaired) electrons. The first-order chi connectivity index (χ1) is 8.76. The number of ether oxygens (including phenoxy) is 1. The molecule has 1 aliphatic rings. The molecule has 1 aromatic rings. The summed E-state index contributed by atoms with van der Waals surface area (Å²) in [6, 6.07) is 0.284. The van der Waals surface area contributed by atoms with Gasteiger partial charge in [-0.3, -0.25) is 5.43 Å². The van der Waals surface area contributed by atoms with E-state index in [1.807, 2.05) is 0 Å². The summed E-state index contributed by atoms with van der Waals surface area (Å²) in [7, 11) is 1.53. The normalized spacial score (nSPS) is 19.1. The first kappa shape index (κ1) is 12.8. The number of rotatable bonds is 5. The molecule has 1 aliphatic heterocycles. The van der Waals surface area contributed by atoms with Gasteiger partial charge in [0.15, 0.2) is 0 Å². The van der Waals surface area contributed by atoms with Crippen LogP contribution in [0.1, 0.15) is 26.2 Å². The van der Waals surface area contributed by atoms with Crippen molar-refractivity contribution < 1.29 is 4.74 Å². The molecule has 7 heteroatoms. The zero-order valence-electron chi connectivity index (χ0n) is 10.9. The quantitative estimate of drug-likeness (QED) is 0.591. The molecule has 2 rings (SSSR count). The Balaban J connectivity index is 2.13. The number of aromatic nitrogens is 3. The molecule has 100 valence electrons. The van der Waals surface area contributed by atoms with Gasteiger partial charge in [0.1, 0.15) is 0 Å². The first-order valence-corrected chi connectivity index (χ1v) is 6.28. The maximum Gasteiger partial charge on any atom is 0.322 e. The van der Waals surface area contributed by atoms with Crippen LogP contribution in [0.5, 0.6) is 6.01 Å². The van der Waals surface area contributed by atoms with Crippen LogP contribution in [0.25, 0.3) is 0 Å². The van der Waals surface area contributed by atoms with Gasteiger partial charge in [-0.1, -0.05) is 13.3 Å². The van der Waals surface area contributed by atoms with E-state index in [0.29, 0.717) is 11.9 Å². The third-order valence-electron chi connectivity index (χ3n) is 3.18. The average molecular weight is 252 g/mol. The smallest absolute Gasteiger partial charge is 0.322 e. The minimum Gasteiger partial charge on any atom is -0.467 e. The highest BCUT2D eigenvalue weighted by molar-refractivity contribution is 5.38. The number of nitrogens with two attached hydrogens (primary N) is 1. The SMILES string of the molecule is CCCC1CCN(c2nc(NN)nc(OC)n2)C1.